The molecule has 2 aliphatic rings. The highest BCUT2D eigenvalue weighted by Gasteiger charge is 2.21. The summed E-state index contributed by atoms with van der Waals surface area (Å²) in [6.45, 7) is -22.6. The van der Waals surface area contributed by atoms with Gasteiger partial charge in [0.15, 0.2) is 0 Å². The normalized spacial score (nSPS) is 86.2. The van der Waals surface area contributed by atoms with Gasteiger partial charge in [0, 0.05) is 36.8 Å². The van der Waals surface area contributed by atoms with Crippen LogP contribution < -0.4 is 5.32 Å². The van der Waals surface area contributed by atoms with Crippen molar-refractivity contribution in [2.24, 2.45) is 0 Å². The molecule has 0 aromatic heterocycles. The Bertz CT molecular complexity index is 649. The summed E-state index contributed by atoms with van der Waals surface area (Å²) in [5, 5.41) is 1.41. The second kappa shape index (κ2) is 4.21. The number of piperidine rings is 1. The molecule has 3 nitrogen and oxygen atoms in total. The summed E-state index contributed by atoms with van der Waals surface area (Å²) in [5.41, 5.74) is 0. The van der Waals surface area contributed by atoms with E-state index in [1.165, 1.54) is 5.32 Å². The lowest BCUT2D eigenvalue weighted by atomic mass is 10.0. The van der Waals surface area contributed by atoms with Gasteiger partial charge >= 0.3 is 0 Å². The monoisotopic (exact) mass is 187 g/mol. The van der Waals surface area contributed by atoms with E-state index < -0.39 is 62.8 Å². The molecule has 0 unspecified atom stereocenters. The van der Waals surface area contributed by atoms with E-state index in [0.29, 0.717) is 0 Å². The van der Waals surface area contributed by atoms with Crippen LogP contribution in [-0.4, -0.2) is 50.0 Å². The molecular formula is C9H18N2O. The van der Waals surface area contributed by atoms with Gasteiger partial charge in [0.2, 0.25) is 0 Å². The van der Waals surface area contributed by atoms with E-state index in [1.807, 2.05) is 0 Å². The molecule has 0 radical (unpaired) electrons. The van der Waals surface area contributed by atoms with Gasteiger partial charge in [-0.05, 0) is 25.7 Å². The second-order valence-corrected chi connectivity index (χ2v) is 1.84. The molecule has 2 heterocycles. The summed E-state index contributed by atoms with van der Waals surface area (Å²) in [6.07, 6.45) is -7.89. The van der Waals surface area contributed by atoms with Gasteiger partial charge in [-0.3, -0.25) is 4.90 Å². The van der Waals surface area contributed by atoms with Gasteiger partial charge in [-0.25, -0.2) is 0 Å². The first-order chi connectivity index (χ1) is 12.3. The number of ether oxygens (including phenoxy) is 1. The first-order valence-electron chi connectivity index (χ1n) is 11.6. The minimum absolute atomic E-state index is 0.771. The Morgan fingerprint density at radius 2 is 2.00 bits per heavy atom. The molecule has 2 aliphatic heterocycles. The first-order valence-corrected chi connectivity index (χ1v) is 3.08. The average molecular weight is 187 g/mol. The van der Waals surface area contributed by atoms with Gasteiger partial charge < -0.3 is 10.1 Å². The van der Waals surface area contributed by atoms with E-state index in [9.17, 15) is 0 Å². The number of hydrogen-bond donors (Lipinski definition) is 1. The minimum Gasteiger partial charge on any atom is -0.379 e. The Balaban J connectivity index is 3.01. The lowest BCUT2D eigenvalue weighted by Gasteiger charge is -2.36. The van der Waals surface area contributed by atoms with Gasteiger partial charge in [0.25, 0.3) is 0 Å². The van der Waals surface area contributed by atoms with Crippen LogP contribution in [0.15, 0.2) is 0 Å². The molecule has 3 heteroatoms. The molecule has 2 saturated heterocycles. The van der Waals surface area contributed by atoms with Crippen LogP contribution in [0.5, 0.6) is 0 Å². The highest BCUT2D eigenvalue weighted by Crippen LogP contribution is 2.12. The lowest BCUT2D eigenvalue weighted by Crippen LogP contribution is -2.47. The molecule has 0 spiro atoms. The molecule has 1 N–H and O–H groups in total. The molecule has 0 atom stereocenters. The third-order valence-corrected chi connectivity index (χ3v) is 1.13. The third kappa shape index (κ3) is 1.97. The molecule has 12 heavy (non-hydrogen) atoms. The molecule has 0 aliphatic carbocycles. The van der Waals surface area contributed by atoms with Gasteiger partial charge in [0.1, 0.15) is 0 Å². The summed E-state index contributed by atoms with van der Waals surface area (Å²) in [4.78, 5) is -0.771. The van der Waals surface area contributed by atoms with E-state index >= 15 is 0 Å². The van der Waals surface area contributed by atoms with Crippen LogP contribution in [0.25, 0.3) is 0 Å². The van der Waals surface area contributed by atoms with Gasteiger partial charge in [-0.1, -0.05) is 0 Å². The minimum atomic E-state index is -4.18. The molecule has 0 aromatic rings. The molecule has 0 saturated carbocycles. The average Bonchev–Trinajstić information content (AvgIpc) is 2.40. The Morgan fingerprint density at radius 1 is 1.33 bits per heavy atom. The third-order valence-electron chi connectivity index (χ3n) is 1.13. The number of nitrogens with zero attached hydrogens (tertiary/aromatic N) is 1. The van der Waals surface area contributed by atoms with Crippen molar-refractivity contribution in [2.75, 3.05) is 39.1 Å². The number of hydrogen-bond acceptors (Lipinski definition) is 3. The van der Waals surface area contributed by atoms with E-state index in [1.54, 1.807) is 0 Å². The summed E-state index contributed by atoms with van der Waals surface area (Å²) in [7, 11) is 0. The Labute approximate surface area is 98.0 Å². The van der Waals surface area contributed by atoms with Crippen LogP contribution in [-0.2, 0) is 4.74 Å². The maximum absolute atomic E-state index is 8.48. The van der Waals surface area contributed by atoms with Gasteiger partial charge in [0.05, 0.1) is 18.6 Å². The fourth-order valence-corrected chi connectivity index (χ4v) is 0.657. The number of rotatable bonds is 1. The summed E-state index contributed by atoms with van der Waals surface area (Å²) < 4.78 is 138. The van der Waals surface area contributed by atoms with Crippen LogP contribution in [0.1, 0.15) is 36.0 Å². The molecule has 0 aromatic carbocycles. The van der Waals surface area contributed by atoms with Crippen molar-refractivity contribution in [1.82, 2.24) is 10.2 Å². The standard InChI is InChI=1S/C9H18N2O/c1-3-10-4-2-9(1)11-5-7-12-8-6-11/h9-10H,1-8H2/i1D2,2D2,3D2,4D2,5D2,6D2,7D2,8D2,9D. The Morgan fingerprint density at radius 3 is 2.67 bits per heavy atom. The van der Waals surface area contributed by atoms with Gasteiger partial charge in [-0.2, -0.15) is 0 Å². The smallest absolute Gasteiger partial charge is 0.0594 e. The predicted octanol–water partition coefficient (Wildman–Crippen LogP) is 0.0706. The summed E-state index contributed by atoms with van der Waals surface area (Å²) >= 11 is 0. The number of morpholine rings is 1. The lowest BCUT2D eigenvalue weighted by molar-refractivity contribution is 0.0101. The van der Waals surface area contributed by atoms with Gasteiger partial charge in [-0.15, -0.1) is 0 Å². The van der Waals surface area contributed by atoms with E-state index in [4.69, 9.17) is 23.3 Å². The molecule has 0 amide bonds. The fraction of sp³-hybridized carbons (Fsp3) is 1.00. The fourth-order valence-electron chi connectivity index (χ4n) is 0.657. The molecular weight excluding hydrogens is 152 g/mol. The zero-order valence-electron chi connectivity index (χ0n) is 22.9. The first kappa shape index (κ1) is 1.58. The highest BCUT2D eigenvalue weighted by molar-refractivity contribution is 4.78. The summed E-state index contributed by atoms with van der Waals surface area (Å²) in [6, 6.07) is -4.18. The zero-order chi connectivity index (χ0) is 23.5. The molecule has 0 bridgehead atoms. The molecule has 2 fully saturated rings. The van der Waals surface area contributed by atoms with Crippen molar-refractivity contribution in [3.63, 3.8) is 0 Å². The topological polar surface area (TPSA) is 24.5 Å². The van der Waals surface area contributed by atoms with Crippen molar-refractivity contribution < 1.29 is 28.0 Å². The van der Waals surface area contributed by atoms with E-state index in [-0.39, 0.29) is 0 Å². The van der Waals surface area contributed by atoms with Crippen molar-refractivity contribution in [2.45, 2.75) is 18.8 Å². The molecule has 70 valence electrons. The Kier molecular flexibility index (Phi) is 0.553. The van der Waals surface area contributed by atoms with Crippen molar-refractivity contribution in [1.29, 1.82) is 0 Å². The maximum atomic E-state index is 8.48. The molecule has 2 rings (SSSR count). The Hall–Kier alpha value is -0.120. The highest BCUT2D eigenvalue weighted by atomic mass is 16.5. The van der Waals surface area contributed by atoms with E-state index in [2.05, 4.69) is 4.74 Å². The summed E-state index contributed by atoms with van der Waals surface area (Å²) in [5.74, 6) is 0. The van der Waals surface area contributed by atoms with Crippen LogP contribution in [0, 0.1) is 0 Å². The van der Waals surface area contributed by atoms with Crippen LogP contribution in [0.4, 0.5) is 0 Å². The quantitative estimate of drug-likeness (QED) is 0.629. The van der Waals surface area contributed by atoms with Crippen molar-refractivity contribution >= 4 is 0 Å². The largest absolute Gasteiger partial charge is 0.379 e. The maximum Gasteiger partial charge on any atom is 0.0594 e. The van der Waals surface area contributed by atoms with E-state index in [0.717, 1.165) is 0 Å². The van der Waals surface area contributed by atoms with Crippen LogP contribution in [0.3, 0.4) is 0 Å². The van der Waals surface area contributed by atoms with Crippen molar-refractivity contribution in [3.05, 3.63) is 0 Å². The zero-order valence-corrected chi connectivity index (χ0v) is 5.86. The number of nitrogens with one attached hydrogen (secondary N) is 1. The second-order valence-electron chi connectivity index (χ2n) is 1.84. The van der Waals surface area contributed by atoms with Crippen LogP contribution in [0.2, 0.25) is 0 Å². The van der Waals surface area contributed by atoms with Crippen LogP contribution >= 0.6 is 0 Å². The SMILES string of the molecule is [2H]C1([2H])NC([2H])([2H])C([2H])([2H])C([2H])(N2C([2H])([2H])C([2H])([2H])OC([2H])([2H])C2([2H])[2H])C1([2H])[2H]. The predicted molar refractivity (Wildman–Crippen MR) is 48.3 cm³/mol. The van der Waals surface area contributed by atoms with Crippen molar-refractivity contribution in [3.8, 4) is 0 Å².